The number of rotatable bonds is 8. The molecule has 4 heteroatoms. The quantitative estimate of drug-likeness (QED) is 0.701. The highest BCUT2D eigenvalue weighted by Gasteiger charge is 2.11. The van der Waals surface area contributed by atoms with Crippen LogP contribution in [0.25, 0.3) is 0 Å². The first-order chi connectivity index (χ1) is 10.7. The Balaban J connectivity index is 2.07. The van der Waals surface area contributed by atoms with Crippen molar-refractivity contribution in [2.45, 2.75) is 25.9 Å². The summed E-state index contributed by atoms with van der Waals surface area (Å²) in [6.07, 6.45) is 0.621. The van der Waals surface area contributed by atoms with Crippen molar-refractivity contribution in [1.82, 2.24) is 5.32 Å². The fourth-order valence-electron chi connectivity index (χ4n) is 2.39. The van der Waals surface area contributed by atoms with Crippen LogP contribution in [-0.2, 0) is 6.54 Å². The zero-order valence-corrected chi connectivity index (χ0v) is 12.8. The predicted octanol–water partition coefficient (Wildman–Crippen LogP) is 3.00. The van der Waals surface area contributed by atoms with Crippen molar-refractivity contribution in [2.24, 2.45) is 0 Å². The SMILES string of the molecule is CCOc1ccc(O)c(CN[C@H](CCO)c2ccccc2)c1. The number of aliphatic hydroxyl groups is 1. The molecule has 0 saturated carbocycles. The first-order valence-electron chi connectivity index (χ1n) is 7.58. The van der Waals surface area contributed by atoms with Crippen LogP contribution in [0.5, 0.6) is 11.5 Å². The molecular weight excluding hydrogens is 278 g/mol. The molecule has 0 aliphatic carbocycles. The second kappa shape index (κ2) is 8.41. The molecule has 0 bridgehead atoms. The van der Waals surface area contributed by atoms with E-state index in [2.05, 4.69) is 5.32 Å². The minimum Gasteiger partial charge on any atom is -0.508 e. The van der Waals surface area contributed by atoms with Gasteiger partial charge in [-0.25, -0.2) is 0 Å². The topological polar surface area (TPSA) is 61.7 Å². The molecule has 3 N–H and O–H groups in total. The molecule has 0 saturated heterocycles. The number of phenols is 1. The minimum atomic E-state index is 0.0429. The Morgan fingerprint density at radius 1 is 1.14 bits per heavy atom. The summed E-state index contributed by atoms with van der Waals surface area (Å²) in [5.74, 6) is 0.988. The summed E-state index contributed by atoms with van der Waals surface area (Å²) in [5.41, 5.74) is 1.90. The van der Waals surface area contributed by atoms with Crippen molar-refractivity contribution < 1.29 is 14.9 Å². The van der Waals surface area contributed by atoms with Crippen LogP contribution in [0.2, 0.25) is 0 Å². The molecule has 118 valence electrons. The van der Waals surface area contributed by atoms with Crippen molar-refractivity contribution in [3.63, 3.8) is 0 Å². The van der Waals surface area contributed by atoms with Gasteiger partial charge < -0.3 is 20.3 Å². The Morgan fingerprint density at radius 2 is 1.91 bits per heavy atom. The zero-order valence-electron chi connectivity index (χ0n) is 12.8. The highest BCUT2D eigenvalue weighted by atomic mass is 16.5. The summed E-state index contributed by atoms with van der Waals surface area (Å²) >= 11 is 0. The van der Waals surface area contributed by atoms with Crippen LogP contribution in [0.1, 0.15) is 30.5 Å². The number of hydrogen-bond acceptors (Lipinski definition) is 4. The second-order valence-corrected chi connectivity index (χ2v) is 5.08. The van der Waals surface area contributed by atoms with Crippen LogP contribution in [0.3, 0.4) is 0 Å². The molecule has 0 heterocycles. The summed E-state index contributed by atoms with van der Waals surface area (Å²) in [7, 11) is 0. The standard InChI is InChI=1S/C18H23NO3/c1-2-22-16-8-9-18(21)15(12-16)13-19-17(10-11-20)14-6-4-3-5-7-14/h3-9,12,17,19-21H,2,10-11,13H2,1H3/t17-/m1/s1. The lowest BCUT2D eigenvalue weighted by Gasteiger charge is -2.19. The molecule has 2 rings (SSSR count). The van der Waals surface area contributed by atoms with Gasteiger partial charge in [0.25, 0.3) is 0 Å². The molecule has 2 aromatic rings. The first kappa shape index (κ1) is 16.3. The number of phenolic OH excluding ortho intramolecular Hbond substituents is 1. The van der Waals surface area contributed by atoms with E-state index < -0.39 is 0 Å². The summed E-state index contributed by atoms with van der Waals surface area (Å²) in [6, 6.07) is 15.3. The first-order valence-corrected chi connectivity index (χ1v) is 7.58. The molecule has 0 radical (unpaired) electrons. The maximum atomic E-state index is 9.97. The fraction of sp³-hybridized carbons (Fsp3) is 0.333. The van der Waals surface area contributed by atoms with Crippen LogP contribution in [-0.4, -0.2) is 23.4 Å². The number of benzene rings is 2. The molecule has 0 unspecified atom stereocenters. The van der Waals surface area contributed by atoms with Crippen LogP contribution in [0.15, 0.2) is 48.5 Å². The van der Waals surface area contributed by atoms with Crippen LogP contribution in [0.4, 0.5) is 0 Å². The summed E-state index contributed by atoms with van der Waals surface area (Å²) in [6.45, 7) is 3.14. The molecule has 0 spiro atoms. The normalized spacial score (nSPS) is 12.1. The Labute approximate surface area is 131 Å². The van der Waals surface area contributed by atoms with Gasteiger partial charge >= 0.3 is 0 Å². The molecule has 0 aliphatic rings. The Kier molecular flexibility index (Phi) is 6.25. The number of aromatic hydroxyl groups is 1. The molecule has 22 heavy (non-hydrogen) atoms. The third kappa shape index (κ3) is 4.48. The average molecular weight is 301 g/mol. The average Bonchev–Trinajstić information content (AvgIpc) is 2.55. The zero-order chi connectivity index (χ0) is 15.8. The van der Waals surface area contributed by atoms with Gasteiger partial charge in [0.15, 0.2) is 0 Å². The fourth-order valence-corrected chi connectivity index (χ4v) is 2.39. The molecule has 4 nitrogen and oxygen atoms in total. The summed E-state index contributed by atoms with van der Waals surface area (Å²) < 4.78 is 5.46. The Hall–Kier alpha value is -2.04. The van der Waals surface area contributed by atoms with E-state index in [0.29, 0.717) is 19.6 Å². The van der Waals surface area contributed by atoms with Crippen molar-refractivity contribution in [1.29, 1.82) is 0 Å². The van der Waals surface area contributed by atoms with Gasteiger partial charge in [-0.15, -0.1) is 0 Å². The van der Waals surface area contributed by atoms with E-state index in [4.69, 9.17) is 4.74 Å². The van der Waals surface area contributed by atoms with Gasteiger partial charge in [-0.05, 0) is 37.1 Å². The predicted molar refractivity (Wildman–Crippen MR) is 87.0 cm³/mol. The van der Waals surface area contributed by atoms with Gasteiger partial charge in [0.1, 0.15) is 11.5 Å². The van der Waals surface area contributed by atoms with E-state index in [1.165, 1.54) is 0 Å². The lowest BCUT2D eigenvalue weighted by Crippen LogP contribution is -2.22. The smallest absolute Gasteiger partial charge is 0.120 e. The van der Waals surface area contributed by atoms with E-state index in [1.54, 1.807) is 12.1 Å². The van der Waals surface area contributed by atoms with Gasteiger partial charge in [-0.2, -0.15) is 0 Å². The maximum Gasteiger partial charge on any atom is 0.120 e. The molecular formula is C18H23NO3. The van der Waals surface area contributed by atoms with Crippen molar-refractivity contribution >= 4 is 0 Å². The van der Waals surface area contributed by atoms with Gasteiger partial charge in [0.2, 0.25) is 0 Å². The van der Waals surface area contributed by atoms with Gasteiger partial charge in [-0.1, -0.05) is 30.3 Å². The Bertz CT molecular complexity index is 572. The highest BCUT2D eigenvalue weighted by Crippen LogP contribution is 2.24. The molecule has 0 aromatic heterocycles. The van der Waals surface area contributed by atoms with Crippen molar-refractivity contribution in [2.75, 3.05) is 13.2 Å². The molecule has 0 fully saturated rings. The second-order valence-electron chi connectivity index (χ2n) is 5.08. The maximum absolute atomic E-state index is 9.97. The third-order valence-corrected chi connectivity index (χ3v) is 3.52. The molecule has 1 atom stereocenters. The van der Waals surface area contributed by atoms with Crippen LogP contribution in [0, 0.1) is 0 Å². The molecule has 0 aliphatic heterocycles. The third-order valence-electron chi connectivity index (χ3n) is 3.52. The van der Waals surface area contributed by atoms with E-state index in [0.717, 1.165) is 16.9 Å². The lowest BCUT2D eigenvalue weighted by molar-refractivity contribution is 0.264. The monoisotopic (exact) mass is 301 g/mol. The number of aliphatic hydroxyl groups excluding tert-OH is 1. The Morgan fingerprint density at radius 3 is 2.59 bits per heavy atom. The van der Waals surface area contributed by atoms with Crippen LogP contribution >= 0.6 is 0 Å². The highest BCUT2D eigenvalue weighted by molar-refractivity contribution is 5.39. The van der Waals surface area contributed by atoms with E-state index >= 15 is 0 Å². The van der Waals surface area contributed by atoms with Crippen LogP contribution < -0.4 is 10.1 Å². The van der Waals surface area contributed by atoms with Gasteiger partial charge in [0, 0.05) is 24.8 Å². The summed E-state index contributed by atoms with van der Waals surface area (Å²) in [4.78, 5) is 0. The summed E-state index contributed by atoms with van der Waals surface area (Å²) in [5, 5.41) is 22.6. The number of ether oxygens (including phenoxy) is 1. The lowest BCUT2D eigenvalue weighted by atomic mass is 10.0. The minimum absolute atomic E-state index is 0.0429. The van der Waals surface area contributed by atoms with E-state index in [-0.39, 0.29) is 18.4 Å². The van der Waals surface area contributed by atoms with Gasteiger partial charge in [-0.3, -0.25) is 0 Å². The molecule has 0 amide bonds. The van der Waals surface area contributed by atoms with E-state index in [1.807, 2.05) is 43.3 Å². The van der Waals surface area contributed by atoms with Crippen molar-refractivity contribution in [3.05, 3.63) is 59.7 Å². The van der Waals surface area contributed by atoms with E-state index in [9.17, 15) is 10.2 Å². The number of nitrogens with one attached hydrogen (secondary N) is 1. The molecule has 2 aromatic carbocycles. The van der Waals surface area contributed by atoms with Gasteiger partial charge in [0.05, 0.1) is 6.61 Å². The van der Waals surface area contributed by atoms with Crippen molar-refractivity contribution in [3.8, 4) is 11.5 Å². The largest absolute Gasteiger partial charge is 0.508 e. The number of hydrogen-bond donors (Lipinski definition) is 3.